The summed E-state index contributed by atoms with van der Waals surface area (Å²) in [6.45, 7) is 1.95. The van der Waals surface area contributed by atoms with Gasteiger partial charge in [0.05, 0.1) is 0 Å². The van der Waals surface area contributed by atoms with Crippen LogP contribution in [0.25, 0.3) is 10.9 Å². The molecule has 0 fully saturated rings. The lowest BCUT2D eigenvalue weighted by molar-refractivity contribution is -0.137. The maximum atomic E-state index is 11.0. The molecule has 1 aromatic carbocycles. The van der Waals surface area contributed by atoms with Crippen LogP contribution in [0.1, 0.15) is 11.3 Å². The highest BCUT2D eigenvalue weighted by molar-refractivity contribution is 5.87. The number of carbonyl (C=O) groups is 1. The average Bonchev–Trinajstić information content (AvgIpc) is 2.64. The van der Waals surface area contributed by atoms with Crippen LogP contribution in [0.4, 0.5) is 0 Å². The van der Waals surface area contributed by atoms with Gasteiger partial charge >= 0.3 is 5.97 Å². The molecule has 0 amide bonds. The number of likely N-dealkylation sites (N-methyl/N-ethyl adjacent to an activating group) is 1. The molecule has 2 aromatic rings. The van der Waals surface area contributed by atoms with Gasteiger partial charge < -0.3 is 14.6 Å². The van der Waals surface area contributed by atoms with E-state index in [0.717, 1.165) is 25.0 Å². The minimum absolute atomic E-state index is 0.0551. The van der Waals surface area contributed by atoms with E-state index in [-0.39, 0.29) is 6.54 Å². The van der Waals surface area contributed by atoms with Crippen molar-refractivity contribution in [2.75, 3.05) is 13.6 Å². The van der Waals surface area contributed by atoms with E-state index in [1.54, 1.807) is 0 Å². The molecule has 0 atom stereocenters. The van der Waals surface area contributed by atoms with Crippen molar-refractivity contribution in [2.24, 2.45) is 0 Å². The van der Waals surface area contributed by atoms with E-state index in [2.05, 4.69) is 18.0 Å². The van der Waals surface area contributed by atoms with E-state index < -0.39 is 5.97 Å². The molecule has 3 rings (SSSR count). The third-order valence-electron chi connectivity index (χ3n) is 3.65. The van der Waals surface area contributed by atoms with E-state index in [9.17, 15) is 4.79 Å². The number of hydrogen-bond acceptors (Lipinski definition) is 2. The van der Waals surface area contributed by atoms with Crippen LogP contribution < -0.4 is 0 Å². The van der Waals surface area contributed by atoms with Crippen LogP contribution in [-0.4, -0.2) is 34.1 Å². The average molecular weight is 244 g/mol. The Labute approximate surface area is 105 Å². The standard InChI is InChI=1S/C14H16N2O2/c1-15-7-6-13-11(8-15)10-4-2-3-5-12(10)16(13)9-14(17)18/h2-5H,6-9H2,1H3,(H,17,18). The second-order valence-electron chi connectivity index (χ2n) is 4.91. The van der Waals surface area contributed by atoms with Gasteiger partial charge in [0.25, 0.3) is 0 Å². The number of hydrogen-bond donors (Lipinski definition) is 1. The van der Waals surface area contributed by atoms with Crippen LogP contribution in [0.2, 0.25) is 0 Å². The molecule has 4 heteroatoms. The number of carboxylic acid groups (broad SMARTS) is 1. The fourth-order valence-corrected chi connectivity index (χ4v) is 2.85. The second kappa shape index (κ2) is 4.14. The first-order valence-corrected chi connectivity index (χ1v) is 6.16. The number of rotatable bonds is 2. The van der Waals surface area contributed by atoms with E-state index in [1.165, 1.54) is 16.6 Å². The highest BCUT2D eigenvalue weighted by Crippen LogP contribution is 2.30. The summed E-state index contributed by atoms with van der Waals surface area (Å²) in [4.78, 5) is 13.3. The summed E-state index contributed by atoms with van der Waals surface area (Å²) in [7, 11) is 2.10. The maximum absolute atomic E-state index is 11.0. The van der Waals surface area contributed by atoms with E-state index in [4.69, 9.17) is 5.11 Å². The third kappa shape index (κ3) is 1.69. The Morgan fingerprint density at radius 2 is 2.17 bits per heavy atom. The molecule has 1 N–H and O–H groups in total. The number of aliphatic carboxylic acids is 1. The molecule has 0 bridgehead atoms. The topological polar surface area (TPSA) is 45.5 Å². The Hall–Kier alpha value is -1.81. The lowest BCUT2D eigenvalue weighted by Crippen LogP contribution is -2.27. The molecule has 1 aromatic heterocycles. The number of carboxylic acids is 1. The van der Waals surface area contributed by atoms with Gasteiger partial charge in [0, 0.05) is 36.1 Å². The minimum Gasteiger partial charge on any atom is -0.480 e. The Morgan fingerprint density at radius 3 is 2.94 bits per heavy atom. The van der Waals surface area contributed by atoms with Crippen LogP contribution in [0.5, 0.6) is 0 Å². The van der Waals surface area contributed by atoms with Crippen LogP contribution in [0, 0.1) is 0 Å². The molecule has 94 valence electrons. The monoisotopic (exact) mass is 244 g/mol. The van der Waals surface area contributed by atoms with Crippen molar-refractivity contribution in [2.45, 2.75) is 19.5 Å². The fourth-order valence-electron chi connectivity index (χ4n) is 2.85. The van der Waals surface area contributed by atoms with E-state index in [1.807, 2.05) is 22.8 Å². The Morgan fingerprint density at radius 1 is 1.39 bits per heavy atom. The van der Waals surface area contributed by atoms with Gasteiger partial charge in [-0.3, -0.25) is 4.79 Å². The third-order valence-corrected chi connectivity index (χ3v) is 3.65. The van der Waals surface area contributed by atoms with Gasteiger partial charge in [0.2, 0.25) is 0 Å². The summed E-state index contributed by atoms with van der Waals surface area (Å²) in [5.74, 6) is -0.780. The Bertz CT molecular complexity index is 616. The zero-order valence-electron chi connectivity index (χ0n) is 10.4. The summed E-state index contributed by atoms with van der Waals surface area (Å²) < 4.78 is 1.96. The molecule has 0 radical (unpaired) electrons. The number of aromatic nitrogens is 1. The molecule has 0 aliphatic carbocycles. The quantitative estimate of drug-likeness (QED) is 0.874. The van der Waals surface area contributed by atoms with Gasteiger partial charge in [-0.05, 0) is 18.7 Å². The maximum Gasteiger partial charge on any atom is 0.323 e. The highest BCUT2D eigenvalue weighted by atomic mass is 16.4. The van der Waals surface area contributed by atoms with Crippen LogP contribution in [-0.2, 0) is 24.3 Å². The zero-order valence-corrected chi connectivity index (χ0v) is 10.4. The summed E-state index contributed by atoms with van der Waals surface area (Å²) in [6.07, 6.45) is 0.924. The predicted octanol–water partition coefficient (Wildman–Crippen LogP) is 1.71. The lowest BCUT2D eigenvalue weighted by Gasteiger charge is -2.23. The van der Waals surface area contributed by atoms with Crippen molar-refractivity contribution in [3.8, 4) is 0 Å². The van der Waals surface area contributed by atoms with Crippen molar-refractivity contribution in [3.63, 3.8) is 0 Å². The summed E-state index contributed by atoms with van der Waals surface area (Å²) in [6, 6.07) is 8.08. The molecular weight excluding hydrogens is 228 g/mol. The number of fused-ring (bicyclic) bond motifs is 3. The molecular formula is C14H16N2O2. The van der Waals surface area contributed by atoms with E-state index in [0.29, 0.717) is 0 Å². The lowest BCUT2D eigenvalue weighted by atomic mass is 10.1. The first-order valence-electron chi connectivity index (χ1n) is 6.16. The summed E-state index contributed by atoms with van der Waals surface area (Å²) >= 11 is 0. The first-order chi connectivity index (χ1) is 8.66. The molecule has 4 nitrogen and oxygen atoms in total. The van der Waals surface area contributed by atoms with Crippen LogP contribution in [0.15, 0.2) is 24.3 Å². The Kier molecular flexibility index (Phi) is 2.59. The highest BCUT2D eigenvalue weighted by Gasteiger charge is 2.22. The molecule has 1 aliphatic heterocycles. The molecule has 0 saturated heterocycles. The van der Waals surface area contributed by atoms with Crippen molar-refractivity contribution >= 4 is 16.9 Å². The molecule has 0 spiro atoms. The van der Waals surface area contributed by atoms with Crippen molar-refractivity contribution in [1.82, 2.24) is 9.47 Å². The normalized spacial score (nSPS) is 15.8. The zero-order chi connectivity index (χ0) is 12.7. The van der Waals surface area contributed by atoms with Gasteiger partial charge in [-0.2, -0.15) is 0 Å². The second-order valence-corrected chi connectivity index (χ2v) is 4.91. The minimum atomic E-state index is -0.780. The SMILES string of the molecule is CN1CCc2c(c3ccccc3n2CC(=O)O)C1. The number of para-hydroxylation sites is 1. The summed E-state index contributed by atoms with van der Waals surface area (Å²) in [5.41, 5.74) is 3.53. The predicted molar refractivity (Wildman–Crippen MR) is 69.6 cm³/mol. The van der Waals surface area contributed by atoms with Gasteiger partial charge in [-0.1, -0.05) is 18.2 Å². The number of benzene rings is 1. The smallest absolute Gasteiger partial charge is 0.323 e. The molecule has 0 unspecified atom stereocenters. The van der Waals surface area contributed by atoms with Crippen LogP contribution >= 0.6 is 0 Å². The summed E-state index contributed by atoms with van der Waals surface area (Å²) in [5, 5.41) is 10.3. The molecule has 18 heavy (non-hydrogen) atoms. The van der Waals surface area contributed by atoms with Gasteiger partial charge in [-0.15, -0.1) is 0 Å². The van der Waals surface area contributed by atoms with Crippen molar-refractivity contribution < 1.29 is 9.90 Å². The first kappa shape index (κ1) is 11.3. The number of nitrogens with zero attached hydrogens (tertiary/aromatic N) is 2. The van der Waals surface area contributed by atoms with E-state index >= 15 is 0 Å². The van der Waals surface area contributed by atoms with Crippen molar-refractivity contribution in [3.05, 3.63) is 35.5 Å². The molecule has 2 heterocycles. The van der Waals surface area contributed by atoms with Crippen molar-refractivity contribution in [1.29, 1.82) is 0 Å². The largest absolute Gasteiger partial charge is 0.480 e. The van der Waals surface area contributed by atoms with Crippen LogP contribution in [0.3, 0.4) is 0 Å². The van der Waals surface area contributed by atoms with Gasteiger partial charge in [0.1, 0.15) is 6.54 Å². The molecule has 1 aliphatic rings. The Balaban J connectivity index is 2.24. The fraction of sp³-hybridized carbons (Fsp3) is 0.357. The molecule has 0 saturated carbocycles. The van der Waals surface area contributed by atoms with Gasteiger partial charge in [0.15, 0.2) is 0 Å². The van der Waals surface area contributed by atoms with Gasteiger partial charge in [-0.25, -0.2) is 0 Å².